The van der Waals surface area contributed by atoms with Crippen LogP contribution in [0.25, 0.3) is 0 Å². The lowest BCUT2D eigenvalue weighted by molar-refractivity contribution is 0.101. The number of nitrogens with zero attached hydrogens (tertiary/aromatic N) is 2. The molecule has 1 saturated carbocycles. The summed E-state index contributed by atoms with van der Waals surface area (Å²) < 4.78 is 1.95. The van der Waals surface area contributed by atoms with Crippen molar-refractivity contribution < 1.29 is 4.79 Å². The Morgan fingerprint density at radius 1 is 1.54 bits per heavy atom. The fraction of sp³-hybridized carbons (Fsp3) is 0.600. The highest BCUT2D eigenvalue weighted by atomic mass is 16.1. The van der Waals surface area contributed by atoms with Gasteiger partial charge in [-0.05, 0) is 19.8 Å². The van der Waals surface area contributed by atoms with Crippen LogP contribution < -0.4 is 0 Å². The molecule has 1 aliphatic carbocycles. The van der Waals surface area contributed by atoms with Crippen molar-refractivity contribution in [3.63, 3.8) is 0 Å². The largest absolute Gasteiger partial charge is 0.294 e. The monoisotopic (exact) mass is 178 g/mol. The summed E-state index contributed by atoms with van der Waals surface area (Å²) >= 11 is 0. The van der Waals surface area contributed by atoms with Gasteiger partial charge in [0.2, 0.25) is 0 Å². The van der Waals surface area contributed by atoms with E-state index >= 15 is 0 Å². The van der Waals surface area contributed by atoms with Crippen molar-refractivity contribution in [3.8, 4) is 0 Å². The molecule has 0 atom stereocenters. The lowest BCUT2D eigenvalue weighted by Gasteiger charge is -2.08. The molecule has 0 radical (unpaired) electrons. The molecule has 0 saturated heterocycles. The number of aromatic nitrogens is 2. The maximum Gasteiger partial charge on any atom is 0.162 e. The quantitative estimate of drug-likeness (QED) is 0.651. The molecule has 0 N–H and O–H groups in total. The number of carbonyl (C=O) groups excluding carboxylic acids is 1. The normalized spacial score (nSPS) is 17.9. The Labute approximate surface area is 77.7 Å². The van der Waals surface area contributed by atoms with Gasteiger partial charge >= 0.3 is 0 Å². The lowest BCUT2D eigenvalue weighted by atomic mass is 10.2. The second-order valence-corrected chi connectivity index (χ2v) is 3.70. The van der Waals surface area contributed by atoms with E-state index in [4.69, 9.17) is 0 Å². The van der Waals surface area contributed by atoms with E-state index in [1.165, 1.54) is 25.7 Å². The molecule has 3 heteroatoms. The van der Waals surface area contributed by atoms with Crippen LogP contribution in [0.3, 0.4) is 0 Å². The van der Waals surface area contributed by atoms with Gasteiger partial charge in [0.25, 0.3) is 0 Å². The Hall–Kier alpha value is -1.12. The summed E-state index contributed by atoms with van der Waals surface area (Å²) in [6.07, 6.45) is 8.54. The van der Waals surface area contributed by atoms with Gasteiger partial charge in [-0.3, -0.25) is 9.48 Å². The highest BCUT2D eigenvalue weighted by Gasteiger charge is 2.17. The first-order valence-corrected chi connectivity index (χ1v) is 4.82. The summed E-state index contributed by atoms with van der Waals surface area (Å²) in [5, 5.41) is 4.22. The maximum atomic E-state index is 11.0. The topological polar surface area (TPSA) is 34.9 Å². The second kappa shape index (κ2) is 3.32. The fourth-order valence-electron chi connectivity index (χ4n) is 1.89. The van der Waals surface area contributed by atoms with Crippen molar-refractivity contribution in [3.05, 3.63) is 18.0 Å². The number of Topliss-reactive ketones (excluding diaryl/α,β-unsaturated/α-hetero) is 1. The SMILES string of the molecule is CC(=O)c1cnn(C2CCCC2)c1. The van der Waals surface area contributed by atoms with Crippen LogP contribution in [-0.4, -0.2) is 15.6 Å². The molecule has 1 aliphatic rings. The van der Waals surface area contributed by atoms with Crippen molar-refractivity contribution in [1.82, 2.24) is 9.78 Å². The van der Waals surface area contributed by atoms with Crippen LogP contribution in [0.2, 0.25) is 0 Å². The molecule has 0 unspecified atom stereocenters. The Morgan fingerprint density at radius 3 is 2.77 bits per heavy atom. The molecule has 1 fully saturated rings. The zero-order valence-corrected chi connectivity index (χ0v) is 7.86. The standard InChI is InChI=1S/C10H14N2O/c1-8(13)9-6-11-12(7-9)10-4-2-3-5-10/h6-7,10H,2-5H2,1H3. The zero-order valence-electron chi connectivity index (χ0n) is 7.86. The molecule has 1 aromatic heterocycles. The van der Waals surface area contributed by atoms with E-state index in [0.29, 0.717) is 6.04 Å². The minimum atomic E-state index is 0.101. The minimum Gasteiger partial charge on any atom is -0.294 e. The van der Waals surface area contributed by atoms with E-state index in [1.807, 2.05) is 10.9 Å². The molecule has 0 bridgehead atoms. The first kappa shape index (κ1) is 8.48. The Balaban J connectivity index is 2.16. The maximum absolute atomic E-state index is 11.0. The molecule has 13 heavy (non-hydrogen) atoms. The van der Waals surface area contributed by atoms with Gasteiger partial charge in [0.15, 0.2) is 5.78 Å². The van der Waals surface area contributed by atoms with Crippen LogP contribution in [0, 0.1) is 0 Å². The van der Waals surface area contributed by atoms with Gasteiger partial charge in [0.05, 0.1) is 17.8 Å². The number of ketones is 1. The highest BCUT2D eigenvalue weighted by Crippen LogP contribution is 2.28. The molecule has 1 aromatic rings. The van der Waals surface area contributed by atoms with Crippen LogP contribution in [-0.2, 0) is 0 Å². The lowest BCUT2D eigenvalue weighted by Crippen LogP contribution is -2.04. The minimum absolute atomic E-state index is 0.101. The van der Waals surface area contributed by atoms with Gasteiger partial charge < -0.3 is 0 Å². The predicted octanol–water partition coefficient (Wildman–Crippen LogP) is 2.20. The third kappa shape index (κ3) is 1.64. The first-order chi connectivity index (χ1) is 6.27. The number of rotatable bonds is 2. The van der Waals surface area contributed by atoms with E-state index in [9.17, 15) is 4.79 Å². The van der Waals surface area contributed by atoms with Gasteiger partial charge in [0.1, 0.15) is 0 Å². The Kier molecular flexibility index (Phi) is 2.17. The van der Waals surface area contributed by atoms with E-state index < -0.39 is 0 Å². The molecule has 0 amide bonds. The van der Waals surface area contributed by atoms with Gasteiger partial charge in [-0.15, -0.1) is 0 Å². The van der Waals surface area contributed by atoms with Crippen molar-refractivity contribution in [2.24, 2.45) is 0 Å². The Morgan fingerprint density at radius 2 is 2.23 bits per heavy atom. The smallest absolute Gasteiger partial charge is 0.162 e. The third-order valence-corrected chi connectivity index (χ3v) is 2.71. The van der Waals surface area contributed by atoms with E-state index in [-0.39, 0.29) is 5.78 Å². The molecule has 2 rings (SSSR count). The van der Waals surface area contributed by atoms with Gasteiger partial charge in [-0.2, -0.15) is 5.10 Å². The molecule has 0 spiro atoms. The van der Waals surface area contributed by atoms with Crippen molar-refractivity contribution in [1.29, 1.82) is 0 Å². The summed E-state index contributed by atoms with van der Waals surface area (Å²) in [5.74, 6) is 0.101. The summed E-state index contributed by atoms with van der Waals surface area (Å²) in [4.78, 5) is 11.0. The van der Waals surface area contributed by atoms with Crippen LogP contribution in [0.5, 0.6) is 0 Å². The fourth-order valence-corrected chi connectivity index (χ4v) is 1.89. The predicted molar refractivity (Wildman–Crippen MR) is 49.7 cm³/mol. The molecule has 70 valence electrons. The summed E-state index contributed by atoms with van der Waals surface area (Å²) in [5.41, 5.74) is 0.729. The van der Waals surface area contributed by atoms with Crippen LogP contribution in [0.15, 0.2) is 12.4 Å². The number of carbonyl (C=O) groups is 1. The molecule has 0 aliphatic heterocycles. The van der Waals surface area contributed by atoms with E-state index in [2.05, 4.69) is 5.10 Å². The van der Waals surface area contributed by atoms with Gasteiger partial charge in [-0.1, -0.05) is 12.8 Å². The average Bonchev–Trinajstić information content (AvgIpc) is 2.75. The highest BCUT2D eigenvalue weighted by molar-refractivity contribution is 5.93. The molecular weight excluding hydrogens is 164 g/mol. The molecule has 1 heterocycles. The Bertz CT molecular complexity index is 310. The van der Waals surface area contributed by atoms with E-state index in [1.54, 1.807) is 13.1 Å². The summed E-state index contributed by atoms with van der Waals surface area (Å²) in [6, 6.07) is 0.535. The third-order valence-electron chi connectivity index (χ3n) is 2.71. The molecule has 0 aromatic carbocycles. The van der Waals surface area contributed by atoms with Gasteiger partial charge in [0, 0.05) is 6.20 Å². The zero-order chi connectivity index (χ0) is 9.26. The van der Waals surface area contributed by atoms with Crippen LogP contribution in [0.1, 0.15) is 49.0 Å². The second-order valence-electron chi connectivity index (χ2n) is 3.70. The van der Waals surface area contributed by atoms with Gasteiger partial charge in [-0.25, -0.2) is 0 Å². The number of hydrogen-bond acceptors (Lipinski definition) is 2. The first-order valence-electron chi connectivity index (χ1n) is 4.82. The van der Waals surface area contributed by atoms with Crippen molar-refractivity contribution in [2.45, 2.75) is 38.6 Å². The van der Waals surface area contributed by atoms with Crippen LogP contribution in [0.4, 0.5) is 0 Å². The average molecular weight is 178 g/mol. The molecular formula is C10H14N2O. The van der Waals surface area contributed by atoms with Crippen molar-refractivity contribution in [2.75, 3.05) is 0 Å². The summed E-state index contributed by atoms with van der Waals surface area (Å²) in [7, 11) is 0. The van der Waals surface area contributed by atoms with Crippen LogP contribution >= 0.6 is 0 Å². The van der Waals surface area contributed by atoms with E-state index in [0.717, 1.165) is 5.56 Å². The summed E-state index contributed by atoms with van der Waals surface area (Å²) in [6.45, 7) is 1.58. The molecule has 3 nitrogen and oxygen atoms in total. The number of hydrogen-bond donors (Lipinski definition) is 0. The van der Waals surface area contributed by atoms with Crippen molar-refractivity contribution >= 4 is 5.78 Å².